The first-order valence-corrected chi connectivity index (χ1v) is 9.50. The second kappa shape index (κ2) is 9.67. The van der Waals surface area contributed by atoms with Gasteiger partial charge >= 0.3 is 14.1 Å². The zero-order valence-electron chi connectivity index (χ0n) is 15.5. The van der Waals surface area contributed by atoms with E-state index >= 15 is 0 Å². The molecule has 0 aliphatic heterocycles. The first kappa shape index (κ1) is 22.6. The van der Waals surface area contributed by atoms with Crippen LogP contribution in [0.3, 0.4) is 0 Å². The van der Waals surface area contributed by atoms with Crippen LogP contribution in [0.5, 0.6) is 17.2 Å². The van der Waals surface area contributed by atoms with Crippen molar-refractivity contribution in [3.63, 3.8) is 0 Å². The largest absolute Gasteiger partial charge is 0.664 e. The number of carbonyl (C=O) groups excluding carboxylic acids is 1. The van der Waals surface area contributed by atoms with Crippen molar-refractivity contribution in [2.24, 2.45) is 0 Å². The summed E-state index contributed by atoms with van der Waals surface area (Å²) in [4.78, 5) is 11.7. The average molecular weight is 434 g/mol. The van der Waals surface area contributed by atoms with Crippen molar-refractivity contribution < 1.29 is 40.9 Å². The predicted molar refractivity (Wildman–Crippen MR) is 94.9 cm³/mol. The topological polar surface area (TPSA) is 73.9 Å². The van der Waals surface area contributed by atoms with E-state index in [0.29, 0.717) is 0 Å². The predicted octanol–water partition coefficient (Wildman–Crippen LogP) is 5.00. The third-order valence-corrected chi connectivity index (χ3v) is 4.27. The minimum atomic E-state index is -3.07. The summed E-state index contributed by atoms with van der Waals surface area (Å²) in [6.45, 7) is 4.46. The van der Waals surface area contributed by atoms with Crippen LogP contribution in [0.2, 0.25) is 0 Å². The van der Waals surface area contributed by atoms with Crippen molar-refractivity contribution in [2.45, 2.75) is 32.9 Å². The van der Waals surface area contributed by atoms with E-state index in [1.54, 1.807) is 19.9 Å². The highest BCUT2D eigenvalue weighted by atomic mass is 31.1. The molecule has 2 atom stereocenters. The summed E-state index contributed by atoms with van der Waals surface area (Å²) < 4.78 is 82.5. The van der Waals surface area contributed by atoms with Gasteiger partial charge in [0.05, 0.1) is 6.10 Å². The van der Waals surface area contributed by atoms with Gasteiger partial charge < -0.3 is 9.47 Å². The van der Waals surface area contributed by atoms with E-state index in [1.807, 2.05) is 0 Å². The highest BCUT2D eigenvalue weighted by Crippen LogP contribution is 2.42. The molecule has 0 aliphatic carbocycles. The molecule has 2 aromatic carbocycles. The van der Waals surface area contributed by atoms with E-state index in [9.17, 15) is 26.9 Å². The molecular weight excluding hydrogens is 417 g/mol. The van der Waals surface area contributed by atoms with E-state index in [4.69, 9.17) is 14.0 Å². The molecule has 2 aromatic rings. The van der Waals surface area contributed by atoms with Crippen LogP contribution in [-0.4, -0.2) is 18.1 Å². The van der Waals surface area contributed by atoms with Gasteiger partial charge in [0.15, 0.2) is 0 Å². The highest BCUT2D eigenvalue weighted by Gasteiger charge is 2.36. The number of nitrogens with one attached hydrogen (secondary N) is 1. The molecule has 1 N–H and O–H groups in total. The maximum Gasteiger partial charge on any atom is 0.664 e. The molecule has 11 heteroatoms. The van der Waals surface area contributed by atoms with Gasteiger partial charge in [0, 0.05) is 4.57 Å². The van der Waals surface area contributed by atoms with Crippen LogP contribution >= 0.6 is 8.18 Å². The molecule has 0 fully saturated rings. The lowest BCUT2D eigenvalue weighted by Crippen LogP contribution is -2.33. The Hall–Kier alpha value is -2.71. The van der Waals surface area contributed by atoms with Crippen LogP contribution in [-0.2, 0) is 14.1 Å². The number of para-hydroxylation sites is 1. The Bertz CT molecular complexity index is 911. The number of rotatable bonds is 8. The fourth-order valence-electron chi connectivity index (χ4n) is 2.02. The molecule has 2 rings (SSSR count). The third kappa shape index (κ3) is 5.65. The number of halogens is 4. The smallest absolute Gasteiger partial charge is 0.462 e. The molecular formula is C18H17F4NO5P+. The number of esters is 1. The van der Waals surface area contributed by atoms with Crippen molar-refractivity contribution in [3.05, 3.63) is 53.6 Å². The first-order valence-electron chi connectivity index (χ1n) is 8.32. The molecule has 0 heterocycles. The summed E-state index contributed by atoms with van der Waals surface area (Å²) in [6, 6.07) is 6.11. The number of hydrogen-bond donors (Lipinski definition) is 1. The molecule has 0 saturated carbocycles. The van der Waals surface area contributed by atoms with Crippen LogP contribution in [0.4, 0.5) is 17.6 Å². The van der Waals surface area contributed by atoms with Crippen LogP contribution in [0, 0.1) is 23.3 Å². The molecule has 0 radical (unpaired) electrons. The molecule has 156 valence electrons. The Labute approximate surface area is 164 Å². The zero-order valence-corrected chi connectivity index (χ0v) is 16.4. The molecule has 0 spiro atoms. The summed E-state index contributed by atoms with van der Waals surface area (Å²) in [5.74, 6) is -11.4. The van der Waals surface area contributed by atoms with Gasteiger partial charge in [-0.2, -0.15) is 8.78 Å². The van der Waals surface area contributed by atoms with Crippen LogP contribution in [0.25, 0.3) is 0 Å². The fraction of sp³-hybridized carbons (Fsp3) is 0.278. The lowest BCUT2D eigenvalue weighted by atomic mass is 10.2. The number of benzene rings is 2. The number of ether oxygens (including phenoxy) is 2. The normalized spacial score (nSPS) is 12.5. The van der Waals surface area contributed by atoms with Gasteiger partial charge in [-0.05, 0) is 32.9 Å². The summed E-state index contributed by atoms with van der Waals surface area (Å²) in [5, 5.41) is 2.16. The Morgan fingerprint density at radius 3 is 2.03 bits per heavy atom. The Morgan fingerprint density at radius 1 is 0.931 bits per heavy atom. The average Bonchev–Trinajstić information content (AvgIpc) is 2.67. The highest BCUT2D eigenvalue weighted by molar-refractivity contribution is 7.37. The minimum Gasteiger partial charge on any atom is -0.462 e. The monoisotopic (exact) mass is 434 g/mol. The van der Waals surface area contributed by atoms with E-state index in [-0.39, 0.29) is 5.75 Å². The minimum absolute atomic E-state index is 0.0428. The van der Waals surface area contributed by atoms with Gasteiger partial charge in [-0.15, -0.1) is 0 Å². The lowest BCUT2D eigenvalue weighted by molar-refractivity contribution is -0.148. The molecule has 6 nitrogen and oxygen atoms in total. The van der Waals surface area contributed by atoms with E-state index in [2.05, 4.69) is 5.09 Å². The van der Waals surface area contributed by atoms with Crippen molar-refractivity contribution in [2.75, 3.05) is 0 Å². The second-order valence-corrected chi connectivity index (χ2v) is 6.97. The quantitative estimate of drug-likeness (QED) is 0.207. The SMILES string of the molecule is CC(C)OC(=O)C(C)N[P+](=O)Oc1c(F)c(F)c(F)c(F)c1Oc1ccccc1. The summed E-state index contributed by atoms with van der Waals surface area (Å²) >= 11 is 0. The molecule has 0 aliphatic rings. The van der Waals surface area contributed by atoms with E-state index < -0.39 is 61.1 Å². The van der Waals surface area contributed by atoms with Gasteiger partial charge in [-0.3, -0.25) is 4.79 Å². The Morgan fingerprint density at radius 2 is 1.48 bits per heavy atom. The van der Waals surface area contributed by atoms with Crippen molar-refractivity contribution in [1.82, 2.24) is 5.09 Å². The third-order valence-electron chi connectivity index (χ3n) is 3.32. The van der Waals surface area contributed by atoms with Gasteiger partial charge in [0.25, 0.3) is 5.75 Å². The van der Waals surface area contributed by atoms with Gasteiger partial charge in [0.1, 0.15) is 11.8 Å². The second-order valence-electron chi connectivity index (χ2n) is 6.01. The fourth-order valence-corrected chi connectivity index (χ4v) is 2.83. The van der Waals surface area contributed by atoms with Crippen LogP contribution in [0.15, 0.2) is 30.3 Å². The molecule has 0 saturated heterocycles. The lowest BCUT2D eigenvalue weighted by Gasteiger charge is -2.12. The zero-order chi connectivity index (χ0) is 21.7. The van der Waals surface area contributed by atoms with Gasteiger partial charge in [-0.1, -0.05) is 23.3 Å². The van der Waals surface area contributed by atoms with Crippen molar-refractivity contribution in [1.29, 1.82) is 0 Å². The van der Waals surface area contributed by atoms with Gasteiger partial charge in [0.2, 0.25) is 29.0 Å². The van der Waals surface area contributed by atoms with Gasteiger partial charge in [-0.25, -0.2) is 13.3 Å². The summed E-state index contributed by atoms with van der Waals surface area (Å²) in [5.41, 5.74) is 0. The van der Waals surface area contributed by atoms with E-state index in [1.165, 1.54) is 31.2 Å². The standard InChI is InChI=1S/C18H17F4NO5P/c1-9(2)26-18(24)10(3)23-29(25)28-17-15(22)13(20)12(19)14(21)16(17)27-11-7-5-4-6-8-11/h4-10H,1-3H3,(H,23,25)/q+1. The molecule has 0 aromatic heterocycles. The molecule has 0 amide bonds. The van der Waals surface area contributed by atoms with Crippen LogP contribution in [0.1, 0.15) is 20.8 Å². The Balaban J connectivity index is 2.31. The van der Waals surface area contributed by atoms with Crippen LogP contribution < -0.4 is 14.3 Å². The molecule has 29 heavy (non-hydrogen) atoms. The number of hydrogen-bond acceptors (Lipinski definition) is 5. The summed E-state index contributed by atoms with van der Waals surface area (Å²) in [7, 11) is -3.07. The first-order chi connectivity index (χ1) is 13.6. The maximum atomic E-state index is 14.2. The molecule has 2 unspecified atom stereocenters. The Kier molecular flexibility index (Phi) is 7.53. The van der Waals surface area contributed by atoms with E-state index in [0.717, 1.165) is 0 Å². The molecule has 0 bridgehead atoms. The maximum absolute atomic E-state index is 14.2. The van der Waals surface area contributed by atoms with Crippen molar-refractivity contribution >= 4 is 14.1 Å². The number of carbonyl (C=O) groups is 1. The summed E-state index contributed by atoms with van der Waals surface area (Å²) in [6.07, 6.45) is -0.450. The van der Waals surface area contributed by atoms with Crippen molar-refractivity contribution in [3.8, 4) is 17.2 Å².